The highest BCUT2D eigenvalue weighted by molar-refractivity contribution is 5.77. The van der Waals surface area contributed by atoms with Crippen LogP contribution in [0.4, 0.5) is 0 Å². The molecule has 86 valence electrons. The van der Waals surface area contributed by atoms with Gasteiger partial charge in [-0.05, 0) is 25.7 Å². The van der Waals surface area contributed by atoms with Gasteiger partial charge >= 0.3 is 0 Å². The third-order valence-electron chi connectivity index (χ3n) is 3.17. The number of ether oxygens (including phenoxy) is 1. The highest BCUT2D eigenvalue weighted by Crippen LogP contribution is 2.31. The van der Waals surface area contributed by atoms with E-state index in [0.29, 0.717) is 25.0 Å². The molecule has 0 spiro atoms. The highest BCUT2D eigenvalue weighted by atomic mass is 16.5. The van der Waals surface area contributed by atoms with E-state index in [1.54, 1.807) is 0 Å². The van der Waals surface area contributed by atoms with Crippen molar-refractivity contribution in [2.75, 3.05) is 19.8 Å². The summed E-state index contributed by atoms with van der Waals surface area (Å²) in [5, 5.41) is 0. The van der Waals surface area contributed by atoms with Crippen molar-refractivity contribution in [3.05, 3.63) is 0 Å². The number of amides is 1. The third-order valence-corrected chi connectivity index (χ3v) is 3.17. The van der Waals surface area contributed by atoms with Crippen molar-refractivity contribution in [2.24, 2.45) is 5.73 Å². The number of carbonyl (C=O) groups is 1. The second-order valence-corrected chi connectivity index (χ2v) is 4.41. The van der Waals surface area contributed by atoms with Crippen LogP contribution in [0.3, 0.4) is 0 Å². The maximum absolute atomic E-state index is 11.9. The molecule has 0 radical (unpaired) electrons. The first-order chi connectivity index (χ1) is 7.33. The molecule has 0 unspecified atom stereocenters. The molecule has 1 aliphatic carbocycles. The molecule has 1 amide bonds. The van der Waals surface area contributed by atoms with Crippen LogP contribution < -0.4 is 5.73 Å². The van der Waals surface area contributed by atoms with E-state index in [-0.39, 0.29) is 5.91 Å². The number of nitrogens with two attached hydrogens (primary N) is 1. The molecule has 2 fully saturated rings. The second-order valence-electron chi connectivity index (χ2n) is 4.41. The molecular formula is C11H20N2O2. The predicted molar refractivity (Wildman–Crippen MR) is 57.4 cm³/mol. The lowest BCUT2D eigenvalue weighted by Gasteiger charge is -2.34. The summed E-state index contributed by atoms with van der Waals surface area (Å²) in [6, 6.07) is 0.914. The van der Waals surface area contributed by atoms with Gasteiger partial charge in [0.05, 0.1) is 0 Å². The average molecular weight is 212 g/mol. The van der Waals surface area contributed by atoms with Gasteiger partial charge in [-0.1, -0.05) is 0 Å². The molecule has 0 aromatic rings. The van der Waals surface area contributed by atoms with Crippen molar-refractivity contribution in [3.63, 3.8) is 0 Å². The van der Waals surface area contributed by atoms with Crippen molar-refractivity contribution < 1.29 is 9.53 Å². The van der Waals surface area contributed by atoms with Crippen LogP contribution in [0.1, 0.15) is 32.1 Å². The Bertz CT molecular complexity index is 223. The van der Waals surface area contributed by atoms with E-state index in [1.807, 2.05) is 0 Å². The molecule has 0 atom stereocenters. The predicted octanol–water partition coefficient (Wildman–Crippen LogP) is 0.505. The summed E-state index contributed by atoms with van der Waals surface area (Å²) in [6.45, 7) is 2.05. The van der Waals surface area contributed by atoms with Gasteiger partial charge in [-0.15, -0.1) is 0 Å². The summed E-state index contributed by atoms with van der Waals surface area (Å²) in [6.07, 6.45) is 4.83. The molecule has 1 heterocycles. The van der Waals surface area contributed by atoms with Crippen LogP contribution in [-0.2, 0) is 9.53 Å². The summed E-state index contributed by atoms with van der Waals surface area (Å²) < 4.78 is 5.33. The fourth-order valence-corrected chi connectivity index (χ4v) is 2.27. The van der Waals surface area contributed by atoms with Crippen molar-refractivity contribution in [1.82, 2.24) is 4.90 Å². The molecule has 2 rings (SSSR count). The minimum Gasteiger partial charge on any atom is -0.381 e. The smallest absolute Gasteiger partial charge is 0.224 e. The Hall–Kier alpha value is -0.610. The standard InChI is InChI=1S/C11H20N2O2/c12-6-3-11(14)13(9-1-2-9)10-4-7-15-8-5-10/h9-10H,1-8,12H2. The molecule has 1 saturated heterocycles. The first-order valence-electron chi connectivity index (χ1n) is 5.92. The van der Waals surface area contributed by atoms with Gasteiger partial charge < -0.3 is 15.4 Å². The summed E-state index contributed by atoms with van der Waals surface area (Å²) in [4.78, 5) is 14.0. The minimum atomic E-state index is 0.243. The van der Waals surface area contributed by atoms with Gasteiger partial charge in [-0.3, -0.25) is 4.79 Å². The first-order valence-corrected chi connectivity index (χ1v) is 5.92. The Morgan fingerprint density at radius 3 is 2.33 bits per heavy atom. The first kappa shape index (κ1) is 10.9. The van der Waals surface area contributed by atoms with Gasteiger partial charge in [0.15, 0.2) is 0 Å². The molecule has 4 heteroatoms. The topological polar surface area (TPSA) is 55.6 Å². The molecule has 15 heavy (non-hydrogen) atoms. The number of hydrogen-bond acceptors (Lipinski definition) is 3. The monoisotopic (exact) mass is 212 g/mol. The summed E-state index contributed by atoms with van der Waals surface area (Å²) in [7, 11) is 0. The van der Waals surface area contributed by atoms with Crippen molar-refractivity contribution in [1.29, 1.82) is 0 Å². The molecule has 4 nitrogen and oxygen atoms in total. The largest absolute Gasteiger partial charge is 0.381 e. The van der Waals surface area contributed by atoms with Gasteiger partial charge in [-0.2, -0.15) is 0 Å². The number of nitrogens with zero attached hydrogens (tertiary/aromatic N) is 1. The Labute approximate surface area is 90.8 Å². The van der Waals surface area contributed by atoms with Crippen LogP contribution in [0.25, 0.3) is 0 Å². The van der Waals surface area contributed by atoms with Gasteiger partial charge in [0, 0.05) is 38.3 Å². The van der Waals surface area contributed by atoms with Gasteiger partial charge in [-0.25, -0.2) is 0 Å². The Balaban J connectivity index is 1.94. The van der Waals surface area contributed by atoms with E-state index in [4.69, 9.17) is 10.5 Å². The lowest BCUT2D eigenvalue weighted by Crippen LogP contribution is -2.45. The van der Waals surface area contributed by atoms with Crippen LogP contribution in [-0.4, -0.2) is 42.6 Å². The van der Waals surface area contributed by atoms with Crippen LogP contribution in [0.2, 0.25) is 0 Å². The van der Waals surface area contributed by atoms with E-state index >= 15 is 0 Å². The van der Waals surface area contributed by atoms with E-state index in [9.17, 15) is 4.79 Å². The second kappa shape index (κ2) is 4.94. The average Bonchev–Trinajstić information content (AvgIpc) is 3.04. The molecule has 1 saturated carbocycles. The van der Waals surface area contributed by atoms with Gasteiger partial charge in [0.1, 0.15) is 0 Å². The quantitative estimate of drug-likeness (QED) is 0.738. The highest BCUT2D eigenvalue weighted by Gasteiger charge is 2.37. The summed E-state index contributed by atoms with van der Waals surface area (Å²) in [5.41, 5.74) is 5.45. The van der Waals surface area contributed by atoms with Crippen LogP contribution in [0.15, 0.2) is 0 Å². The fourth-order valence-electron chi connectivity index (χ4n) is 2.27. The van der Waals surface area contributed by atoms with E-state index in [0.717, 1.165) is 26.1 Å². The minimum absolute atomic E-state index is 0.243. The fraction of sp³-hybridized carbons (Fsp3) is 0.909. The third kappa shape index (κ3) is 2.69. The molecule has 0 bridgehead atoms. The maximum Gasteiger partial charge on any atom is 0.224 e. The Morgan fingerprint density at radius 2 is 1.80 bits per heavy atom. The Kier molecular flexibility index (Phi) is 3.59. The van der Waals surface area contributed by atoms with Crippen molar-refractivity contribution in [2.45, 2.75) is 44.2 Å². The van der Waals surface area contributed by atoms with Crippen LogP contribution in [0, 0.1) is 0 Å². The van der Waals surface area contributed by atoms with E-state index < -0.39 is 0 Å². The molecular weight excluding hydrogens is 192 g/mol. The zero-order valence-corrected chi connectivity index (χ0v) is 9.15. The normalized spacial score (nSPS) is 22.7. The maximum atomic E-state index is 11.9. The lowest BCUT2D eigenvalue weighted by molar-refractivity contribution is -0.135. The molecule has 2 aliphatic rings. The molecule has 1 aliphatic heterocycles. The summed E-state index contributed by atoms with van der Waals surface area (Å²) in [5.74, 6) is 0.243. The van der Waals surface area contributed by atoms with Crippen molar-refractivity contribution >= 4 is 5.91 Å². The number of carbonyl (C=O) groups excluding carboxylic acids is 1. The SMILES string of the molecule is NCCC(=O)N(C1CCOCC1)C1CC1. The van der Waals surface area contributed by atoms with Crippen LogP contribution >= 0.6 is 0 Å². The number of hydrogen-bond donors (Lipinski definition) is 1. The van der Waals surface area contributed by atoms with Gasteiger partial charge in [0.25, 0.3) is 0 Å². The van der Waals surface area contributed by atoms with E-state index in [2.05, 4.69) is 4.90 Å². The van der Waals surface area contributed by atoms with E-state index in [1.165, 1.54) is 12.8 Å². The number of rotatable bonds is 4. The van der Waals surface area contributed by atoms with Gasteiger partial charge in [0.2, 0.25) is 5.91 Å². The Morgan fingerprint density at radius 1 is 1.20 bits per heavy atom. The van der Waals surface area contributed by atoms with Crippen molar-refractivity contribution in [3.8, 4) is 0 Å². The zero-order valence-electron chi connectivity index (χ0n) is 9.15. The summed E-state index contributed by atoms with van der Waals surface area (Å²) >= 11 is 0. The molecule has 0 aromatic heterocycles. The zero-order chi connectivity index (χ0) is 10.7. The molecule has 2 N–H and O–H groups in total. The lowest BCUT2D eigenvalue weighted by atomic mass is 10.1. The van der Waals surface area contributed by atoms with Crippen LogP contribution in [0.5, 0.6) is 0 Å². The molecule has 0 aromatic carbocycles.